The predicted octanol–water partition coefficient (Wildman–Crippen LogP) is 1.72. The van der Waals surface area contributed by atoms with Crippen molar-refractivity contribution in [2.75, 3.05) is 39.4 Å². The summed E-state index contributed by atoms with van der Waals surface area (Å²) < 4.78 is 11.0. The summed E-state index contributed by atoms with van der Waals surface area (Å²) in [6, 6.07) is 5.18. The summed E-state index contributed by atoms with van der Waals surface area (Å²) in [5.74, 6) is 1.24. The summed E-state index contributed by atoms with van der Waals surface area (Å²) >= 11 is 0. The van der Waals surface area contributed by atoms with Crippen molar-refractivity contribution in [1.29, 1.82) is 0 Å². The van der Waals surface area contributed by atoms with Gasteiger partial charge < -0.3 is 24.6 Å². The Hall–Kier alpha value is -2.44. The van der Waals surface area contributed by atoms with Crippen LogP contribution in [0.5, 0.6) is 11.5 Å². The van der Waals surface area contributed by atoms with Gasteiger partial charge in [0, 0.05) is 37.3 Å². The minimum Gasteiger partial charge on any atom is -0.486 e. The molecule has 7 nitrogen and oxygen atoms in total. The van der Waals surface area contributed by atoms with E-state index in [2.05, 4.69) is 5.32 Å². The number of carbonyl (C=O) groups is 2. The molecule has 1 aromatic rings. The Bertz CT molecular complexity index is 661. The molecule has 2 aliphatic heterocycles. The van der Waals surface area contributed by atoms with Crippen LogP contribution in [0.2, 0.25) is 0 Å². The number of carbonyl (C=O) groups excluding carboxylic acids is 2. The molecular weight excluding hydrogens is 322 g/mol. The van der Waals surface area contributed by atoms with Gasteiger partial charge in [0.2, 0.25) is 0 Å². The molecule has 3 amide bonds. The van der Waals surface area contributed by atoms with E-state index in [1.807, 2.05) is 20.8 Å². The number of ether oxygens (including phenoxy) is 2. The first kappa shape index (κ1) is 17.4. The fourth-order valence-corrected chi connectivity index (χ4v) is 2.87. The van der Waals surface area contributed by atoms with Gasteiger partial charge in [0.05, 0.1) is 0 Å². The lowest BCUT2D eigenvalue weighted by Gasteiger charge is -2.36. The van der Waals surface area contributed by atoms with Crippen LogP contribution in [0.15, 0.2) is 18.2 Å². The SMILES string of the molecule is CC(C)(C)NC(=O)N1CCN(C(=O)c2ccc3c(c2)OCCO3)CC1. The summed E-state index contributed by atoms with van der Waals surface area (Å²) in [6.07, 6.45) is 0. The third-order valence-electron chi connectivity index (χ3n) is 4.13. The first-order chi connectivity index (χ1) is 11.8. The summed E-state index contributed by atoms with van der Waals surface area (Å²) in [6.45, 7) is 8.96. The van der Waals surface area contributed by atoms with E-state index in [0.717, 1.165) is 0 Å². The Labute approximate surface area is 147 Å². The second-order valence-electron chi connectivity index (χ2n) is 7.32. The van der Waals surface area contributed by atoms with Crippen LogP contribution in [-0.4, -0.2) is 66.7 Å². The Morgan fingerprint density at radius 2 is 1.56 bits per heavy atom. The van der Waals surface area contributed by atoms with E-state index in [9.17, 15) is 9.59 Å². The lowest BCUT2D eigenvalue weighted by Crippen LogP contribution is -2.56. The van der Waals surface area contributed by atoms with Gasteiger partial charge in [0.1, 0.15) is 13.2 Å². The van der Waals surface area contributed by atoms with Gasteiger partial charge >= 0.3 is 6.03 Å². The molecule has 136 valence electrons. The molecule has 0 radical (unpaired) electrons. The van der Waals surface area contributed by atoms with E-state index < -0.39 is 0 Å². The molecule has 1 N–H and O–H groups in total. The maximum absolute atomic E-state index is 12.7. The molecule has 2 heterocycles. The number of nitrogens with one attached hydrogen (secondary N) is 1. The number of fused-ring (bicyclic) bond motifs is 1. The van der Waals surface area contributed by atoms with E-state index in [1.54, 1.807) is 28.0 Å². The van der Waals surface area contributed by atoms with Crippen LogP contribution in [-0.2, 0) is 0 Å². The first-order valence-corrected chi connectivity index (χ1v) is 8.59. The highest BCUT2D eigenvalue weighted by Gasteiger charge is 2.27. The number of nitrogens with zero attached hydrogens (tertiary/aromatic N) is 2. The predicted molar refractivity (Wildman–Crippen MR) is 93.2 cm³/mol. The van der Waals surface area contributed by atoms with E-state index in [1.165, 1.54) is 0 Å². The smallest absolute Gasteiger partial charge is 0.317 e. The number of benzene rings is 1. The van der Waals surface area contributed by atoms with Crippen molar-refractivity contribution >= 4 is 11.9 Å². The molecule has 0 saturated carbocycles. The van der Waals surface area contributed by atoms with Gasteiger partial charge in [0.25, 0.3) is 5.91 Å². The highest BCUT2D eigenvalue weighted by molar-refractivity contribution is 5.95. The maximum atomic E-state index is 12.7. The Morgan fingerprint density at radius 3 is 2.20 bits per heavy atom. The lowest BCUT2D eigenvalue weighted by atomic mass is 10.1. The molecular formula is C18H25N3O4. The highest BCUT2D eigenvalue weighted by Crippen LogP contribution is 2.31. The van der Waals surface area contributed by atoms with Crippen molar-refractivity contribution in [3.05, 3.63) is 23.8 Å². The van der Waals surface area contributed by atoms with Crippen molar-refractivity contribution < 1.29 is 19.1 Å². The van der Waals surface area contributed by atoms with Gasteiger partial charge in [-0.05, 0) is 39.0 Å². The minimum atomic E-state index is -0.269. The zero-order valence-electron chi connectivity index (χ0n) is 15.0. The average molecular weight is 347 g/mol. The summed E-state index contributed by atoms with van der Waals surface area (Å²) in [5.41, 5.74) is 0.312. The second kappa shape index (κ2) is 6.82. The zero-order valence-corrected chi connectivity index (χ0v) is 15.0. The third-order valence-corrected chi connectivity index (χ3v) is 4.13. The number of hydrogen-bond acceptors (Lipinski definition) is 4. The van der Waals surface area contributed by atoms with E-state index in [4.69, 9.17) is 9.47 Å². The quantitative estimate of drug-likeness (QED) is 0.840. The van der Waals surface area contributed by atoms with Gasteiger partial charge in [-0.2, -0.15) is 0 Å². The van der Waals surface area contributed by atoms with Gasteiger partial charge in [-0.3, -0.25) is 4.79 Å². The fourth-order valence-electron chi connectivity index (χ4n) is 2.87. The number of urea groups is 1. The molecule has 0 aromatic heterocycles. The number of amides is 3. The van der Waals surface area contributed by atoms with Gasteiger partial charge in [0.15, 0.2) is 11.5 Å². The van der Waals surface area contributed by atoms with Gasteiger partial charge in [-0.15, -0.1) is 0 Å². The average Bonchev–Trinajstić information content (AvgIpc) is 2.59. The van der Waals surface area contributed by atoms with Gasteiger partial charge in [-0.1, -0.05) is 0 Å². The van der Waals surface area contributed by atoms with E-state index >= 15 is 0 Å². The molecule has 0 unspecified atom stereocenters. The molecule has 0 spiro atoms. The van der Waals surface area contributed by atoms with Crippen LogP contribution < -0.4 is 14.8 Å². The van der Waals surface area contributed by atoms with Gasteiger partial charge in [-0.25, -0.2) is 4.79 Å². The second-order valence-corrected chi connectivity index (χ2v) is 7.32. The van der Waals surface area contributed by atoms with Crippen LogP contribution >= 0.6 is 0 Å². The topological polar surface area (TPSA) is 71.1 Å². The largest absolute Gasteiger partial charge is 0.486 e. The van der Waals surface area contributed by atoms with Crippen LogP contribution in [0.25, 0.3) is 0 Å². The molecule has 25 heavy (non-hydrogen) atoms. The lowest BCUT2D eigenvalue weighted by molar-refractivity contribution is 0.0660. The Morgan fingerprint density at radius 1 is 0.960 bits per heavy atom. The minimum absolute atomic E-state index is 0.0483. The van der Waals surface area contributed by atoms with Crippen molar-refractivity contribution in [1.82, 2.24) is 15.1 Å². The van der Waals surface area contributed by atoms with Crippen molar-refractivity contribution in [3.8, 4) is 11.5 Å². The van der Waals surface area contributed by atoms with Crippen molar-refractivity contribution in [3.63, 3.8) is 0 Å². The van der Waals surface area contributed by atoms with E-state index in [-0.39, 0.29) is 17.5 Å². The number of rotatable bonds is 1. The summed E-state index contributed by atoms with van der Waals surface area (Å²) in [7, 11) is 0. The van der Waals surface area contributed by atoms with Crippen molar-refractivity contribution in [2.24, 2.45) is 0 Å². The molecule has 1 fully saturated rings. The summed E-state index contributed by atoms with van der Waals surface area (Å²) in [5, 5.41) is 2.95. The molecule has 0 atom stereocenters. The van der Waals surface area contributed by atoms with E-state index in [0.29, 0.717) is 56.5 Å². The van der Waals surface area contributed by atoms with Crippen LogP contribution in [0.3, 0.4) is 0 Å². The fraction of sp³-hybridized carbons (Fsp3) is 0.556. The molecule has 0 bridgehead atoms. The summed E-state index contributed by atoms with van der Waals surface area (Å²) in [4.78, 5) is 28.4. The van der Waals surface area contributed by atoms with Crippen LogP contribution in [0.1, 0.15) is 31.1 Å². The van der Waals surface area contributed by atoms with Crippen LogP contribution in [0, 0.1) is 0 Å². The third kappa shape index (κ3) is 4.15. The highest BCUT2D eigenvalue weighted by atomic mass is 16.6. The standard InChI is InChI=1S/C18H25N3O4/c1-18(2,3)19-17(23)21-8-6-20(7-9-21)16(22)13-4-5-14-15(12-13)25-11-10-24-14/h4-5,12H,6-11H2,1-3H3,(H,19,23). The first-order valence-electron chi connectivity index (χ1n) is 8.59. The molecule has 2 aliphatic rings. The molecule has 1 saturated heterocycles. The maximum Gasteiger partial charge on any atom is 0.317 e. The number of piperazine rings is 1. The zero-order chi connectivity index (χ0) is 18.0. The molecule has 1 aromatic carbocycles. The van der Waals surface area contributed by atoms with Crippen LogP contribution in [0.4, 0.5) is 4.79 Å². The Balaban J connectivity index is 1.59. The molecule has 3 rings (SSSR count). The normalized spacial score (nSPS) is 17.2. The monoisotopic (exact) mass is 347 g/mol. The Kier molecular flexibility index (Phi) is 4.74. The molecule has 7 heteroatoms. The van der Waals surface area contributed by atoms with Crippen molar-refractivity contribution in [2.45, 2.75) is 26.3 Å². The molecule has 0 aliphatic carbocycles. The number of hydrogen-bond donors (Lipinski definition) is 1.